The zero-order valence-electron chi connectivity index (χ0n) is 12.5. The van der Waals surface area contributed by atoms with Crippen molar-refractivity contribution in [3.63, 3.8) is 0 Å². The lowest BCUT2D eigenvalue weighted by Crippen LogP contribution is -2.23. The van der Waals surface area contributed by atoms with Crippen LogP contribution in [0.2, 0.25) is 0 Å². The van der Waals surface area contributed by atoms with Gasteiger partial charge in [-0.05, 0) is 29.3 Å². The Bertz CT molecular complexity index is 773. The summed E-state index contributed by atoms with van der Waals surface area (Å²) in [6, 6.07) is 15.1. The van der Waals surface area contributed by atoms with Gasteiger partial charge in [0.25, 0.3) is 5.91 Å². The zero-order valence-corrected chi connectivity index (χ0v) is 12.5. The molecule has 0 aliphatic rings. The highest BCUT2D eigenvalue weighted by molar-refractivity contribution is 6.01. The van der Waals surface area contributed by atoms with Crippen molar-refractivity contribution in [3.05, 3.63) is 76.9 Å². The van der Waals surface area contributed by atoms with Crippen molar-refractivity contribution in [1.29, 1.82) is 5.26 Å². The molecule has 0 atom stereocenters. The van der Waals surface area contributed by atoms with Crippen LogP contribution in [0.5, 0.6) is 0 Å². The van der Waals surface area contributed by atoms with E-state index in [1.807, 2.05) is 30.3 Å². The van der Waals surface area contributed by atoms with Crippen molar-refractivity contribution < 1.29 is 18.0 Å². The molecule has 2 aromatic rings. The van der Waals surface area contributed by atoms with Crippen LogP contribution in [0.15, 0.2) is 60.2 Å². The highest BCUT2D eigenvalue weighted by atomic mass is 19.4. The van der Waals surface area contributed by atoms with E-state index in [1.165, 1.54) is 18.2 Å². The van der Waals surface area contributed by atoms with Crippen LogP contribution in [-0.2, 0) is 17.5 Å². The van der Waals surface area contributed by atoms with Gasteiger partial charge in [-0.2, -0.15) is 18.4 Å². The molecule has 0 spiro atoms. The number of nitrogens with one attached hydrogen (secondary N) is 1. The van der Waals surface area contributed by atoms with E-state index in [0.29, 0.717) is 5.56 Å². The van der Waals surface area contributed by atoms with Gasteiger partial charge >= 0.3 is 6.18 Å². The molecular formula is C18H13F3N2O. The molecule has 24 heavy (non-hydrogen) atoms. The third-order valence-corrected chi connectivity index (χ3v) is 3.21. The smallest absolute Gasteiger partial charge is 0.347 e. The van der Waals surface area contributed by atoms with E-state index in [9.17, 15) is 18.0 Å². The van der Waals surface area contributed by atoms with Crippen LogP contribution in [0.25, 0.3) is 6.08 Å². The van der Waals surface area contributed by atoms with Gasteiger partial charge in [-0.15, -0.1) is 0 Å². The summed E-state index contributed by atoms with van der Waals surface area (Å²) in [6.07, 6.45) is -3.17. The first-order valence-corrected chi connectivity index (χ1v) is 7.01. The molecular weight excluding hydrogens is 317 g/mol. The summed E-state index contributed by atoms with van der Waals surface area (Å²) in [7, 11) is 0. The third kappa shape index (κ3) is 4.71. The summed E-state index contributed by atoms with van der Waals surface area (Å²) in [6.45, 7) is 0.256. The van der Waals surface area contributed by atoms with Crippen molar-refractivity contribution in [2.24, 2.45) is 0 Å². The molecule has 0 heterocycles. The molecule has 0 fully saturated rings. The van der Waals surface area contributed by atoms with Crippen LogP contribution in [0.3, 0.4) is 0 Å². The topological polar surface area (TPSA) is 52.9 Å². The normalized spacial score (nSPS) is 11.7. The molecule has 0 unspecified atom stereocenters. The van der Waals surface area contributed by atoms with E-state index >= 15 is 0 Å². The van der Waals surface area contributed by atoms with Gasteiger partial charge in [0.15, 0.2) is 0 Å². The number of nitrogens with zero attached hydrogens (tertiary/aromatic N) is 1. The minimum absolute atomic E-state index is 0.175. The number of hydrogen-bond donors (Lipinski definition) is 1. The number of nitriles is 1. The van der Waals surface area contributed by atoms with Gasteiger partial charge in [-0.1, -0.05) is 42.5 Å². The van der Waals surface area contributed by atoms with E-state index < -0.39 is 17.6 Å². The van der Waals surface area contributed by atoms with Gasteiger partial charge in [0.05, 0.1) is 5.56 Å². The fourth-order valence-electron chi connectivity index (χ4n) is 1.96. The van der Waals surface area contributed by atoms with E-state index in [-0.39, 0.29) is 12.1 Å². The van der Waals surface area contributed by atoms with Gasteiger partial charge in [0, 0.05) is 6.54 Å². The minimum atomic E-state index is -4.42. The Morgan fingerprint density at radius 2 is 1.71 bits per heavy atom. The number of alkyl halides is 3. The van der Waals surface area contributed by atoms with E-state index in [4.69, 9.17) is 5.26 Å². The Morgan fingerprint density at radius 1 is 1.08 bits per heavy atom. The Kier molecular flexibility index (Phi) is 5.38. The molecule has 6 heteroatoms. The van der Waals surface area contributed by atoms with E-state index in [1.54, 1.807) is 6.07 Å². The number of amides is 1. The average Bonchev–Trinajstić information content (AvgIpc) is 2.58. The lowest BCUT2D eigenvalue weighted by molar-refractivity contribution is -0.137. The summed E-state index contributed by atoms with van der Waals surface area (Å²) in [5, 5.41) is 11.7. The van der Waals surface area contributed by atoms with Crippen molar-refractivity contribution in [2.45, 2.75) is 12.7 Å². The van der Waals surface area contributed by atoms with Gasteiger partial charge in [-0.3, -0.25) is 4.79 Å². The zero-order chi connectivity index (χ0) is 17.6. The largest absolute Gasteiger partial charge is 0.416 e. The molecule has 0 radical (unpaired) electrons. The summed E-state index contributed by atoms with van der Waals surface area (Å²) >= 11 is 0. The number of rotatable bonds is 4. The monoisotopic (exact) mass is 330 g/mol. The predicted octanol–water partition coefficient (Wildman–Crippen LogP) is 3.93. The molecule has 1 amide bonds. The first kappa shape index (κ1) is 17.3. The Hall–Kier alpha value is -3.07. The molecule has 2 rings (SSSR count). The fraction of sp³-hybridized carbons (Fsp3) is 0.111. The molecule has 122 valence electrons. The van der Waals surface area contributed by atoms with Crippen LogP contribution >= 0.6 is 0 Å². The molecule has 0 aromatic heterocycles. The van der Waals surface area contributed by atoms with Crippen LogP contribution in [0, 0.1) is 11.3 Å². The number of carbonyl (C=O) groups is 1. The van der Waals surface area contributed by atoms with Crippen molar-refractivity contribution in [1.82, 2.24) is 5.32 Å². The quantitative estimate of drug-likeness (QED) is 0.682. The average molecular weight is 330 g/mol. The molecule has 2 aromatic carbocycles. The van der Waals surface area contributed by atoms with Crippen LogP contribution in [0.1, 0.15) is 16.7 Å². The molecule has 0 saturated heterocycles. The van der Waals surface area contributed by atoms with Gasteiger partial charge < -0.3 is 5.32 Å². The van der Waals surface area contributed by atoms with Crippen molar-refractivity contribution >= 4 is 12.0 Å². The predicted molar refractivity (Wildman–Crippen MR) is 83.3 cm³/mol. The molecule has 0 bridgehead atoms. The Labute approximate surface area is 137 Å². The lowest BCUT2D eigenvalue weighted by Gasteiger charge is -2.07. The number of hydrogen-bond acceptors (Lipinski definition) is 2. The first-order valence-electron chi connectivity index (χ1n) is 7.01. The summed E-state index contributed by atoms with van der Waals surface area (Å²) in [5.74, 6) is -0.582. The fourth-order valence-corrected chi connectivity index (χ4v) is 1.96. The minimum Gasteiger partial charge on any atom is -0.347 e. The Balaban J connectivity index is 2.08. The highest BCUT2D eigenvalue weighted by Crippen LogP contribution is 2.29. The Morgan fingerprint density at radius 3 is 2.25 bits per heavy atom. The SMILES string of the molecule is N#C/C(=C\c1ccc(C(F)(F)F)cc1)C(=O)NCc1ccccc1. The van der Waals surface area contributed by atoms with Crippen LogP contribution in [-0.4, -0.2) is 5.91 Å². The molecule has 0 aliphatic carbocycles. The summed E-state index contributed by atoms with van der Waals surface area (Å²) < 4.78 is 37.5. The van der Waals surface area contributed by atoms with Crippen molar-refractivity contribution in [2.75, 3.05) is 0 Å². The summed E-state index contributed by atoms with van der Waals surface area (Å²) in [5.41, 5.74) is 0.254. The number of halogens is 3. The standard InChI is InChI=1S/C18H13F3N2O/c19-18(20,21)16-8-6-13(7-9-16)10-15(11-22)17(24)23-12-14-4-2-1-3-5-14/h1-10H,12H2,(H,23,24)/b15-10+. The van der Waals surface area contributed by atoms with Gasteiger partial charge in [0.1, 0.15) is 11.6 Å². The van der Waals surface area contributed by atoms with Crippen LogP contribution < -0.4 is 5.32 Å². The maximum absolute atomic E-state index is 12.5. The van der Waals surface area contributed by atoms with Gasteiger partial charge in [0.2, 0.25) is 0 Å². The lowest BCUT2D eigenvalue weighted by atomic mass is 10.1. The second kappa shape index (κ2) is 7.47. The first-order chi connectivity index (χ1) is 11.4. The maximum atomic E-state index is 12.5. The highest BCUT2D eigenvalue weighted by Gasteiger charge is 2.29. The second-order valence-electron chi connectivity index (χ2n) is 4.96. The van der Waals surface area contributed by atoms with E-state index in [2.05, 4.69) is 5.32 Å². The number of carbonyl (C=O) groups excluding carboxylic acids is 1. The molecule has 1 N–H and O–H groups in total. The van der Waals surface area contributed by atoms with Crippen molar-refractivity contribution in [3.8, 4) is 6.07 Å². The molecule has 0 aliphatic heterocycles. The molecule has 3 nitrogen and oxygen atoms in total. The maximum Gasteiger partial charge on any atom is 0.416 e. The van der Waals surface area contributed by atoms with Gasteiger partial charge in [-0.25, -0.2) is 0 Å². The molecule has 0 saturated carbocycles. The second-order valence-corrected chi connectivity index (χ2v) is 4.96. The van der Waals surface area contributed by atoms with Crippen LogP contribution in [0.4, 0.5) is 13.2 Å². The third-order valence-electron chi connectivity index (χ3n) is 3.21. The summed E-state index contributed by atoms with van der Waals surface area (Å²) in [4.78, 5) is 12.0. The van der Waals surface area contributed by atoms with E-state index in [0.717, 1.165) is 17.7 Å². The number of benzene rings is 2.